The van der Waals surface area contributed by atoms with Crippen molar-refractivity contribution in [2.75, 3.05) is 0 Å². The van der Waals surface area contributed by atoms with Crippen LogP contribution in [0.5, 0.6) is 5.75 Å². The molecule has 0 unspecified atom stereocenters. The summed E-state index contributed by atoms with van der Waals surface area (Å²) >= 11 is 0. The molecule has 4 rings (SSSR count). The lowest BCUT2D eigenvalue weighted by atomic mass is 10.1. The quantitative estimate of drug-likeness (QED) is 0.402. The molecule has 0 aliphatic carbocycles. The molecule has 0 saturated heterocycles. The number of aromatic carboxylic acids is 1. The average molecular weight is 440 g/mol. The zero-order valence-corrected chi connectivity index (χ0v) is 17.2. The molecule has 1 N–H and O–H groups in total. The van der Waals surface area contributed by atoms with E-state index in [2.05, 4.69) is 4.98 Å². The Labute approximate surface area is 181 Å². The van der Waals surface area contributed by atoms with Crippen molar-refractivity contribution in [1.82, 2.24) is 9.55 Å². The van der Waals surface area contributed by atoms with Crippen molar-refractivity contribution >= 4 is 16.9 Å². The lowest BCUT2D eigenvalue weighted by molar-refractivity contribution is -0.137. The van der Waals surface area contributed by atoms with Gasteiger partial charge in [0.2, 0.25) is 0 Å². The molecule has 0 bridgehead atoms. The third kappa shape index (κ3) is 4.16. The van der Waals surface area contributed by atoms with Crippen LogP contribution in [0.1, 0.15) is 29.9 Å². The zero-order chi connectivity index (χ0) is 23.0. The summed E-state index contributed by atoms with van der Waals surface area (Å²) in [6.07, 6.45) is -3.66. The number of carboxylic acids is 1. The van der Waals surface area contributed by atoms with Crippen molar-refractivity contribution in [1.29, 1.82) is 0 Å². The number of alkyl halides is 3. The highest BCUT2D eigenvalue weighted by Crippen LogP contribution is 2.32. The predicted octanol–water partition coefficient (Wildman–Crippen LogP) is 6.20. The summed E-state index contributed by atoms with van der Waals surface area (Å²) in [5, 5.41) is 10.4. The maximum absolute atomic E-state index is 12.8. The van der Waals surface area contributed by atoms with Crippen LogP contribution in [0.25, 0.3) is 27.8 Å². The molecule has 4 aromatic rings. The van der Waals surface area contributed by atoms with Crippen LogP contribution in [-0.4, -0.2) is 26.7 Å². The Morgan fingerprint density at radius 1 is 1.03 bits per heavy atom. The van der Waals surface area contributed by atoms with Gasteiger partial charge >= 0.3 is 12.1 Å². The van der Waals surface area contributed by atoms with Crippen molar-refractivity contribution in [3.05, 3.63) is 78.1 Å². The summed E-state index contributed by atoms with van der Waals surface area (Å²) < 4.78 is 45.6. The van der Waals surface area contributed by atoms with Crippen LogP contribution < -0.4 is 4.74 Å². The molecule has 2 heterocycles. The summed E-state index contributed by atoms with van der Waals surface area (Å²) in [5.41, 5.74) is 1.48. The molecule has 2 aromatic heterocycles. The summed E-state index contributed by atoms with van der Waals surface area (Å²) in [6.45, 7) is 3.83. The largest absolute Gasteiger partial charge is 0.491 e. The molecular formula is C24H19F3N2O3. The number of hydrogen-bond donors (Lipinski definition) is 1. The minimum atomic E-state index is -4.46. The van der Waals surface area contributed by atoms with Gasteiger partial charge in [-0.05, 0) is 68.4 Å². The van der Waals surface area contributed by atoms with Gasteiger partial charge in [0.05, 0.1) is 22.9 Å². The van der Waals surface area contributed by atoms with Crippen LogP contribution in [-0.2, 0) is 6.18 Å². The first kappa shape index (κ1) is 21.4. The fourth-order valence-corrected chi connectivity index (χ4v) is 3.49. The van der Waals surface area contributed by atoms with E-state index in [1.54, 1.807) is 47.0 Å². The maximum Gasteiger partial charge on any atom is 0.417 e. The van der Waals surface area contributed by atoms with Gasteiger partial charge in [-0.1, -0.05) is 6.07 Å². The van der Waals surface area contributed by atoms with Gasteiger partial charge in [0.1, 0.15) is 11.4 Å². The number of nitrogens with zero attached hydrogens (tertiary/aromatic N) is 2. The van der Waals surface area contributed by atoms with E-state index in [4.69, 9.17) is 4.74 Å². The number of carboxylic acid groups (broad SMARTS) is 1. The van der Waals surface area contributed by atoms with Crippen LogP contribution in [0.2, 0.25) is 0 Å². The van der Waals surface area contributed by atoms with E-state index in [9.17, 15) is 23.1 Å². The maximum atomic E-state index is 12.8. The minimum absolute atomic E-state index is 0.0140. The van der Waals surface area contributed by atoms with E-state index in [0.29, 0.717) is 33.6 Å². The monoisotopic (exact) mass is 440 g/mol. The molecule has 0 radical (unpaired) electrons. The molecule has 32 heavy (non-hydrogen) atoms. The Morgan fingerprint density at radius 2 is 1.75 bits per heavy atom. The molecule has 0 spiro atoms. The van der Waals surface area contributed by atoms with E-state index in [-0.39, 0.29) is 11.8 Å². The fourth-order valence-electron chi connectivity index (χ4n) is 3.49. The molecule has 5 nitrogen and oxygen atoms in total. The molecule has 2 aromatic carbocycles. The third-order valence-electron chi connectivity index (χ3n) is 4.87. The lowest BCUT2D eigenvalue weighted by Gasteiger charge is -2.12. The van der Waals surface area contributed by atoms with Crippen molar-refractivity contribution < 1.29 is 27.8 Å². The van der Waals surface area contributed by atoms with Gasteiger partial charge in [-0.25, -0.2) is 4.79 Å². The molecule has 0 aliphatic rings. The second-order valence-corrected chi connectivity index (χ2v) is 7.53. The van der Waals surface area contributed by atoms with Gasteiger partial charge in [0.25, 0.3) is 0 Å². The summed E-state index contributed by atoms with van der Waals surface area (Å²) in [7, 11) is 0. The standard InChI is InChI=1S/C24H19F3N2O3/c1-14(2)32-19-7-5-18(6-8-19)29-21-10-3-15(11-16(21)12-22(29)23(30)31)20-9-4-17(13-28-20)24(25,26)27/h3-14H,1-2H3,(H,30,31). The number of ether oxygens (including phenoxy) is 1. The number of benzene rings is 2. The van der Waals surface area contributed by atoms with Gasteiger partial charge in [0, 0.05) is 22.8 Å². The van der Waals surface area contributed by atoms with E-state index in [1.807, 2.05) is 13.8 Å². The smallest absolute Gasteiger partial charge is 0.417 e. The molecule has 0 aliphatic heterocycles. The molecule has 8 heteroatoms. The molecule has 0 atom stereocenters. The molecule has 0 fully saturated rings. The molecule has 0 amide bonds. The summed E-state index contributed by atoms with van der Waals surface area (Å²) in [6, 6.07) is 16.0. The van der Waals surface area contributed by atoms with Crippen LogP contribution in [0, 0.1) is 0 Å². The average Bonchev–Trinajstić information content (AvgIpc) is 3.12. The number of pyridine rings is 1. The summed E-state index contributed by atoms with van der Waals surface area (Å²) in [4.78, 5) is 15.8. The Bertz CT molecular complexity index is 1280. The molecular weight excluding hydrogens is 421 g/mol. The van der Waals surface area contributed by atoms with Gasteiger partial charge in [-0.2, -0.15) is 13.2 Å². The van der Waals surface area contributed by atoms with Crippen LogP contribution in [0.3, 0.4) is 0 Å². The van der Waals surface area contributed by atoms with Gasteiger partial charge in [-0.3, -0.25) is 4.98 Å². The van der Waals surface area contributed by atoms with Crippen molar-refractivity contribution in [3.8, 4) is 22.7 Å². The Morgan fingerprint density at radius 3 is 2.31 bits per heavy atom. The Kier molecular flexibility index (Phi) is 5.38. The first-order valence-corrected chi connectivity index (χ1v) is 9.83. The topological polar surface area (TPSA) is 64.3 Å². The predicted molar refractivity (Wildman–Crippen MR) is 114 cm³/mol. The van der Waals surface area contributed by atoms with Crippen molar-refractivity contribution in [2.24, 2.45) is 0 Å². The van der Waals surface area contributed by atoms with Crippen LogP contribution in [0.15, 0.2) is 66.9 Å². The highest BCUT2D eigenvalue weighted by atomic mass is 19.4. The first-order chi connectivity index (χ1) is 15.1. The van der Waals surface area contributed by atoms with Crippen LogP contribution >= 0.6 is 0 Å². The van der Waals surface area contributed by atoms with Gasteiger partial charge in [0.15, 0.2) is 0 Å². The number of carbonyl (C=O) groups is 1. The van der Waals surface area contributed by atoms with E-state index in [0.717, 1.165) is 12.3 Å². The molecule has 0 saturated carbocycles. The third-order valence-corrected chi connectivity index (χ3v) is 4.87. The second kappa shape index (κ2) is 8.03. The van der Waals surface area contributed by atoms with Gasteiger partial charge < -0.3 is 14.4 Å². The fraction of sp³-hybridized carbons (Fsp3) is 0.167. The zero-order valence-electron chi connectivity index (χ0n) is 17.2. The SMILES string of the molecule is CC(C)Oc1ccc(-n2c(C(=O)O)cc3cc(-c4ccc(C(F)(F)F)cn4)ccc32)cc1. The number of rotatable bonds is 5. The number of halogens is 3. The number of hydrogen-bond acceptors (Lipinski definition) is 3. The van der Waals surface area contributed by atoms with E-state index in [1.165, 1.54) is 12.1 Å². The normalized spacial score (nSPS) is 11.8. The minimum Gasteiger partial charge on any atom is -0.491 e. The second-order valence-electron chi connectivity index (χ2n) is 7.53. The van der Waals surface area contributed by atoms with Gasteiger partial charge in [-0.15, -0.1) is 0 Å². The first-order valence-electron chi connectivity index (χ1n) is 9.83. The van der Waals surface area contributed by atoms with E-state index < -0.39 is 17.7 Å². The molecule has 164 valence electrons. The highest BCUT2D eigenvalue weighted by molar-refractivity contribution is 5.97. The lowest BCUT2D eigenvalue weighted by Crippen LogP contribution is -2.07. The number of aromatic nitrogens is 2. The van der Waals surface area contributed by atoms with Crippen molar-refractivity contribution in [2.45, 2.75) is 26.1 Å². The number of fused-ring (bicyclic) bond motifs is 1. The summed E-state index contributed by atoms with van der Waals surface area (Å²) in [5.74, 6) is -0.425. The Balaban J connectivity index is 1.76. The Hall–Kier alpha value is -3.81. The van der Waals surface area contributed by atoms with Crippen LogP contribution in [0.4, 0.5) is 13.2 Å². The van der Waals surface area contributed by atoms with Crippen molar-refractivity contribution in [3.63, 3.8) is 0 Å². The van der Waals surface area contributed by atoms with E-state index >= 15 is 0 Å². The highest BCUT2D eigenvalue weighted by Gasteiger charge is 2.30.